The van der Waals surface area contributed by atoms with Gasteiger partial charge in [0.2, 0.25) is 0 Å². The van der Waals surface area contributed by atoms with E-state index in [2.05, 4.69) is 9.97 Å². The van der Waals surface area contributed by atoms with Gasteiger partial charge in [0.25, 0.3) is 5.56 Å². The number of nitrogens with zero attached hydrogens (tertiary/aromatic N) is 1. The Morgan fingerprint density at radius 3 is 2.62 bits per heavy atom. The highest BCUT2D eigenvalue weighted by Crippen LogP contribution is 2.17. The number of hydrogen-bond acceptors (Lipinski definition) is 3. The number of fused-ring (bicyclic) bond motifs is 1. The van der Waals surface area contributed by atoms with Gasteiger partial charge in [0.05, 0.1) is 5.56 Å². The Morgan fingerprint density at radius 1 is 1.19 bits per heavy atom. The van der Waals surface area contributed by atoms with E-state index in [0.29, 0.717) is 42.0 Å². The summed E-state index contributed by atoms with van der Waals surface area (Å²) in [7, 11) is 0. The molecule has 1 aliphatic heterocycles. The lowest BCUT2D eigenvalue weighted by Gasteiger charge is -2.27. The molecule has 7 heteroatoms. The largest absolute Gasteiger partial charge is 0.335 e. The lowest BCUT2D eigenvalue weighted by Crippen LogP contribution is -2.35. The van der Waals surface area contributed by atoms with Crippen LogP contribution in [0.3, 0.4) is 0 Å². The second kappa shape index (κ2) is 5.50. The van der Waals surface area contributed by atoms with Gasteiger partial charge in [-0.25, -0.2) is 8.78 Å². The number of halogens is 2. The number of nitrogens with one attached hydrogen (secondary N) is 2. The van der Waals surface area contributed by atoms with Gasteiger partial charge in [0, 0.05) is 37.8 Å². The lowest BCUT2D eigenvalue weighted by molar-refractivity contribution is 0.241. The van der Waals surface area contributed by atoms with Crippen LogP contribution in [0.2, 0.25) is 0 Å². The van der Waals surface area contributed by atoms with Crippen LogP contribution in [0.25, 0.3) is 0 Å². The maximum Gasteiger partial charge on any atom is 0.256 e. The minimum atomic E-state index is -0.593. The quantitative estimate of drug-likeness (QED) is 0.837. The fraction of sp³-hybridized carbons (Fsp3) is 0.286. The van der Waals surface area contributed by atoms with Gasteiger partial charge >= 0.3 is 0 Å². The van der Waals surface area contributed by atoms with E-state index < -0.39 is 11.6 Å². The molecule has 0 atom stereocenters. The van der Waals surface area contributed by atoms with E-state index in [1.807, 2.05) is 4.90 Å². The molecule has 4 nitrogen and oxygen atoms in total. The predicted molar refractivity (Wildman–Crippen MR) is 76.4 cm³/mol. The maximum atomic E-state index is 13.2. The van der Waals surface area contributed by atoms with E-state index >= 15 is 0 Å². The van der Waals surface area contributed by atoms with Crippen LogP contribution < -0.4 is 5.56 Å². The number of benzene rings is 1. The molecule has 110 valence electrons. The predicted octanol–water partition coefficient (Wildman–Crippen LogP) is 2.27. The van der Waals surface area contributed by atoms with Crippen LogP contribution >= 0.6 is 12.2 Å². The Hall–Kier alpha value is -1.86. The van der Waals surface area contributed by atoms with Gasteiger partial charge in [-0.1, -0.05) is 0 Å². The number of aromatic nitrogens is 2. The van der Waals surface area contributed by atoms with Gasteiger partial charge < -0.3 is 4.98 Å². The van der Waals surface area contributed by atoms with Gasteiger partial charge in [-0.15, -0.1) is 0 Å². The first-order valence-corrected chi connectivity index (χ1v) is 6.94. The zero-order chi connectivity index (χ0) is 15.0. The summed E-state index contributed by atoms with van der Waals surface area (Å²) >= 11 is 4.94. The van der Waals surface area contributed by atoms with Crippen LogP contribution in [0.5, 0.6) is 0 Å². The van der Waals surface area contributed by atoms with Crippen LogP contribution in [0.15, 0.2) is 23.0 Å². The van der Waals surface area contributed by atoms with Crippen molar-refractivity contribution in [2.45, 2.75) is 19.5 Å². The fourth-order valence-electron chi connectivity index (χ4n) is 2.61. The van der Waals surface area contributed by atoms with E-state index in [4.69, 9.17) is 12.2 Å². The van der Waals surface area contributed by atoms with E-state index in [9.17, 15) is 13.6 Å². The van der Waals surface area contributed by atoms with Crippen molar-refractivity contribution in [1.29, 1.82) is 0 Å². The first-order chi connectivity index (χ1) is 10.0. The molecule has 2 heterocycles. The summed E-state index contributed by atoms with van der Waals surface area (Å²) < 4.78 is 26.7. The molecule has 2 aromatic rings. The van der Waals surface area contributed by atoms with Crippen molar-refractivity contribution in [3.05, 3.63) is 61.8 Å². The molecule has 0 fully saturated rings. The zero-order valence-electron chi connectivity index (χ0n) is 11.1. The Kier molecular flexibility index (Phi) is 3.69. The van der Waals surface area contributed by atoms with Crippen molar-refractivity contribution in [2.75, 3.05) is 6.54 Å². The fourth-order valence-corrected chi connectivity index (χ4v) is 2.82. The summed E-state index contributed by atoms with van der Waals surface area (Å²) in [4.78, 5) is 19.4. The standard InChI is InChI=1S/C14H13F2N3OS/c15-9-3-8(4-10(16)5-9)6-19-2-1-12-11(7-19)13(20)18-14(21)17-12/h3-5H,1-2,6-7H2,(H2,17,18,20,21). The van der Waals surface area contributed by atoms with Gasteiger partial charge in [-0.2, -0.15) is 0 Å². The molecular formula is C14H13F2N3OS. The zero-order valence-corrected chi connectivity index (χ0v) is 11.9. The van der Waals surface area contributed by atoms with E-state index in [1.165, 1.54) is 12.1 Å². The van der Waals surface area contributed by atoms with Crippen molar-refractivity contribution in [2.24, 2.45) is 0 Å². The van der Waals surface area contributed by atoms with E-state index in [1.54, 1.807) is 0 Å². The average molecular weight is 309 g/mol. The average Bonchev–Trinajstić information content (AvgIpc) is 2.38. The topological polar surface area (TPSA) is 51.9 Å². The molecule has 0 saturated carbocycles. The molecule has 0 unspecified atom stereocenters. The molecular weight excluding hydrogens is 296 g/mol. The molecule has 1 aromatic carbocycles. The molecule has 0 spiro atoms. The third-order valence-electron chi connectivity index (χ3n) is 3.52. The highest BCUT2D eigenvalue weighted by Gasteiger charge is 2.20. The SMILES string of the molecule is O=c1[nH]c(=S)[nH]c2c1CN(Cc1cc(F)cc(F)c1)CC2. The Bertz CT molecular complexity index is 779. The maximum absolute atomic E-state index is 13.2. The first-order valence-electron chi connectivity index (χ1n) is 6.53. The Morgan fingerprint density at radius 2 is 1.90 bits per heavy atom. The molecule has 21 heavy (non-hydrogen) atoms. The molecule has 2 N–H and O–H groups in total. The second-order valence-electron chi connectivity index (χ2n) is 5.10. The van der Waals surface area contributed by atoms with Crippen molar-refractivity contribution in [3.8, 4) is 0 Å². The van der Waals surface area contributed by atoms with Crippen molar-refractivity contribution in [3.63, 3.8) is 0 Å². The van der Waals surface area contributed by atoms with Crippen LogP contribution in [0.1, 0.15) is 16.8 Å². The summed E-state index contributed by atoms with van der Waals surface area (Å²) in [5.41, 5.74) is 1.82. The van der Waals surface area contributed by atoms with Crippen LogP contribution in [-0.2, 0) is 19.5 Å². The molecule has 0 radical (unpaired) electrons. The summed E-state index contributed by atoms with van der Waals surface area (Å²) in [5.74, 6) is -1.19. The molecule has 1 aromatic heterocycles. The number of hydrogen-bond donors (Lipinski definition) is 2. The summed E-state index contributed by atoms with van der Waals surface area (Å²) in [6, 6.07) is 3.46. The van der Waals surface area contributed by atoms with Crippen molar-refractivity contribution >= 4 is 12.2 Å². The van der Waals surface area contributed by atoms with Gasteiger partial charge in [0.1, 0.15) is 11.6 Å². The third kappa shape index (κ3) is 3.08. The van der Waals surface area contributed by atoms with Crippen molar-refractivity contribution < 1.29 is 8.78 Å². The van der Waals surface area contributed by atoms with Gasteiger partial charge in [-0.05, 0) is 29.9 Å². The monoisotopic (exact) mass is 309 g/mol. The molecule has 0 saturated heterocycles. The van der Waals surface area contributed by atoms with Crippen molar-refractivity contribution in [1.82, 2.24) is 14.9 Å². The van der Waals surface area contributed by atoms with Gasteiger partial charge in [-0.3, -0.25) is 14.7 Å². The van der Waals surface area contributed by atoms with Crippen LogP contribution in [0.4, 0.5) is 8.78 Å². The molecule has 0 amide bonds. The smallest absolute Gasteiger partial charge is 0.256 e. The molecule has 0 bridgehead atoms. The van der Waals surface area contributed by atoms with Crippen LogP contribution in [-0.4, -0.2) is 21.4 Å². The summed E-state index contributed by atoms with van der Waals surface area (Å²) in [6.45, 7) is 1.51. The minimum absolute atomic E-state index is 0.205. The molecule has 0 aliphatic carbocycles. The number of rotatable bonds is 2. The number of aromatic amines is 2. The summed E-state index contributed by atoms with van der Waals surface area (Å²) in [6.07, 6.45) is 0.653. The highest BCUT2D eigenvalue weighted by atomic mass is 32.1. The lowest BCUT2D eigenvalue weighted by atomic mass is 10.1. The molecule has 3 rings (SSSR count). The first kappa shape index (κ1) is 14.1. The summed E-state index contributed by atoms with van der Waals surface area (Å²) in [5, 5.41) is 0. The van der Waals surface area contributed by atoms with E-state index in [0.717, 1.165) is 11.8 Å². The highest BCUT2D eigenvalue weighted by molar-refractivity contribution is 7.71. The Balaban J connectivity index is 1.83. The molecule has 1 aliphatic rings. The van der Waals surface area contributed by atoms with E-state index in [-0.39, 0.29) is 5.56 Å². The third-order valence-corrected chi connectivity index (χ3v) is 3.72. The second-order valence-corrected chi connectivity index (χ2v) is 5.51. The van der Waals surface area contributed by atoms with Gasteiger partial charge in [0.15, 0.2) is 4.77 Å². The minimum Gasteiger partial charge on any atom is -0.335 e. The normalized spacial score (nSPS) is 15.0. The number of H-pyrrole nitrogens is 2. The van der Waals surface area contributed by atoms with Crippen LogP contribution in [0, 0.1) is 16.4 Å². The Labute approximate surface area is 124 Å².